The summed E-state index contributed by atoms with van der Waals surface area (Å²) in [6.07, 6.45) is 3.11. The van der Waals surface area contributed by atoms with Gasteiger partial charge in [-0.1, -0.05) is 19.6 Å². The molecule has 1 N–H and O–H groups in total. The van der Waals surface area contributed by atoms with E-state index in [0.29, 0.717) is 0 Å². The molecule has 2 atom stereocenters. The molecule has 1 nitrogen and oxygen atoms in total. The van der Waals surface area contributed by atoms with E-state index in [1.807, 2.05) is 6.92 Å². The molecule has 1 aliphatic rings. The summed E-state index contributed by atoms with van der Waals surface area (Å²) >= 11 is 0. The molecule has 2 heteroatoms. The van der Waals surface area contributed by atoms with Crippen LogP contribution in [0.15, 0.2) is 0 Å². The summed E-state index contributed by atoms with van der Waals surface area (Å²) in [6, 6.07) is 0. The molecule has 0 saturated heterocycles. The average Bonchev–Trinajstić information content (AvgIpc) is 2.23. The van der Waals surface area contributed by atoms with Crippen LogP contribution in [0, 0.1) is 17.4 Å². The summed E-state index contributed by atoms with van der Waals surface area (Å²) in [7, 11) is -1.26. The van der Waals surface area contributed by atoms with Crippen LogP contribution in [-0.4, -0.2) is 18.8 Å². The predicted octanol–water partition coefficient (Wildman–Crippen LogP) is 2.42. The smallest absolute Gasteiger partial charge is 0.129 e. The second kappa shape index (κ2) is 3.47. The van der Waals surface area contributed by atoms with Gasteiger partial charge in [0.2, 0.25) is 0 Å². The minimum absolute atomic E-state index is 0.222. The minimum Gasteiger partial charge on any atom is -0.389 e. The Morgan fingerprint density at radius 3 is 2.38 bits per heavy atom. The molecule has 0 radical (unpaired) electrons. The zero-order chi connectivity index (χ0) is 10.1. The fourth-order valence-corrected chi connectivity index (χ4v) is 2.29. The van der Waals surface area contributed by atoms with Gasteiger partial charge in [0.15, 0.2) is 0 Å². The lowest BCUT2D eigenvalue weighted by Gasteiger charge is -2.21. The first kappa shape index (κ1) is 10.8. The number of aliphatic hydroxyl groups is 1. The van der Waals surface area contributed by atoms with Crippen molar-refractivity contribution in [2.45, 2.75) is 51.4 Å². The molecule has 0 amide bonds. The molecular formula is C11H20OSi. The van der Waals surface area contributed by atoms with Crippen LogP contribution < -0.4 is 0 Å². The second-order valence-corrected chi connectivity index (χ2v) is 10.1. The first-order valence-electron chi connectivity index (χ1n) is 5.06. The molecule has 74 valence electrons. The highest BCUT2D eigenvalue weighted by Crippen LogP contribution is 2.34. The van der Waals surface area contributed by atoms with Crippen molar-refractivity contribution in [3.05, 3.63) is 0 Å². The largest absolute Gasteiger partial charge is 0.389 e. The van der Waals surface area contributed by atoms with Gasteiger partial charge in [-0.2, -0.15) is 0 Å². The molecule has 0 bridgehead atoms. The second-order valence-electron chi connectivity index (χ2n) is 5.32. The molecule has 0 aromatic carbocycles. The van der Waals surface area contributed by atoms with E-state index < -0.39 is 13.7 Å². The van der Waals surface area contributed by atoms with Gasteiger partial charge in [0.1, 0.15) is 8.07 Å². The summed E-state index contributed by atoms with van der Waals surface area (Å²) in [5.74, 6) is 3.50. The molecule has 0 aromatic rings. The highest BCUT2D eigenvalue weighted by Gasteiger charge is 2.35. The predicted molar refractivity (Wildman–Crippen MR) is 59.1 cm³/mol. The van der Waals surface area contributed by atoms with Crippen molar-refractivity contribution in [1.29, 1.82) is 0 Å². The Balaban J connectivity index is 2.68. The average molecular weight is 196 g/mol. The summed E-state index contributed by atoms with van der Waals surface area (Å²) in [6.45, 7) is 8.64. The molecule has 1 aliphatic carbocycles. The summed E-state index contributed by atoms with van der Waals surface area (Å²) in [4.78, 5) is 0. The highest BCUT2D eigenvalue weighted by molar-refractivity contribution is 6.83. The standard InChI is InChI=1S/C11H20OSi/c1-11(12)8-5-6-10(11)7-9-13(2,3)4/h10,12H,5-6,8H2,1-4H3. The van der Waals surface area contributed by atoms with Gasteiger partial charge in [0.25, 0.3) is 0 Å². The minimum atomic E-state index is -1.26. The van der Waals surface area contributed by atoms with E-state index in [4.69, 9.17) is 0 Å². The maximum absolute atomic E-state index is 9.96. The van der Waals surface area contributed by atoms with Crippen molar-refractivity contribution in [3.63, 3.8) is 0 Å². The van der Waals surface area contributed by atoms with Gasteiger partial charge in [-0.25, -0.2) is 0 Å². The topological polar surface area (TPSA) is 20.2 Å². The van der Waals surface area contributed by atoms with E-state index in [1.54, 1.807) is 0 Å². The molecule has 0 heterocycles. The quantitative estimate of drug-likeness (QED) is 0.466. The SMILES string of the molecule is CC1(O)CCCC1C#C[Si](C)(C)C. The van der Waals surface area contributed by atoms with E-state index in [9.17, 15) is 5.11 Å². The Morgan fingerprint density at radius 1 is 1.38 bits per heavy atom. The maximum Gasteiger partial charge on any atom is 0.129 e. The van der Waals surface area contributed by atoms with Crippen molar-refractivity contribution in [2.24, 2.45) is 5.92 Å². The van der Waals surface area contributed by atoms with Crippen LogP contribution in [0.25, 0.3) is 0 Å². The lowest BCUT2D eigenvalue weighted by Crippen LogP contribution is -2.28. The van der Waals surface area contributed by atoms with Gasteiger partial charge >= 0.3 is 0 Å². The Bertz CT molecular complexity index is 239. The van der Waals surface area contributed by atoms with E-state index in [1.165, 1.54) is 0 Å². The Labute approximate surface area is 82.6 Å². The molecule has 13 heavy (non-hydrogen) atoms. The molecule has 2 unspecified atom stereocenters. The van der Waals surface area contributed by atoms with Crippen molar-refractivity contribution >= 4 is 8.07 Å². The number of hydrogen-bond acceptors (Lipinski definition) is 1. The molecule has 1 saturated carbocycles. The van der Waals surface area contributed by atoms with Crippen LogP contribution >= 0.6 is 0 Å². The van der Waals surface area contributed by atoms with Crippen LogP contribution in [0.5, 0.6) is 0 Å². The first-order valence-corrected chi connectivity index (χ1v) is 8.56. The van der Waals surface area contributed by atoms with Crippen LogP contribution in [0.1, 0.15) is 26.2 Å². The molecule has 0 spiro atoms. The molecule has 1 rings (SSSR count). The Hall–Kier alpha value is -0.263. The summed E-state index contributed by atoms with van der Waals surface area (Å²) in [5, 5.41) is 9.96. The highest BCUT2D eigenvalue weighted by atomic mass is 28.3. The van der Waals surface area contributed by atoms with Gasteiger partial charge < -0.3 is 5.11 Å². The van der Waals surface area contributed by atoms with Crippen LogP contribution in [0.4, 0.5) is 0 Å². The van der Waals surface area contributed by atoms with Gasteiger partial charge in [-0.05, 0) is 26.2 Å². The van der Waals surface area contributed by atoms with E-state index in [2.05, 4.69) is 31.1 Å². The zero-order valence-electron chi connectivity index (χ0n) is 9.15. The van der Waals surface area contributed by atoms with Crippen molar-refractivity contribution in [2.75, 3.05) is 0 Å². The van der Waals surface area contributed by atoms with Gasteiger partial charge in [0.05, 0.1) is 5.60 Å². The summed E-state index contributed by atoms with van der Waals surface area (Å²) in [5.41, 5.74) is 2.83. The Morgan fingerprint density at radius 2 is 2.00 bits per heavy atom. The third-order valence-corrected chi connectivity index (χ3v) is 3.44. The molecule has 0 aliphatic heterocycles. The maximum atomic E-state index is 9.96. The van der Waals surface area contributed by atoms with Gasteiger partial charge in [-0.15, -0.1) is 11.5 Å². The molecule has 1 fully saturated rings. The van der Waals surface area contributed by atoms with E-state index >= 15 is 0 Å². The number of hydrogen-bond donors (Lipinski definition) is 1. The summed E-state index contributed by atoms with van der Waals surface area (Å²) < 4.78 is 0. The van der Waals surface area contributed by atoms with E-state index in [-0.39, 0.29) is 5.92 Å². The van der Waals surface area contributed by atoms with E-state index in [0.717, 1.165) is 19.3 Å². The van der Waals surface area contributed by atoms with Crippen LogP contribution in [0.2, 0.25) is 19.6 Å². The number of rotatable bonds is 0. The van der Waals surface area contributed by atoms with Crippen molar-refractivity contribution in [3.8, 4) is 11.5 Å². The van der Waals surface area contributed by atoms with Crippen molar-refractivity contribution in [1.82, 2.24) is 0 Å². The Kier molecular flexibility index (Phi) is 2.89. The fraction of sp³-hybridized carbons (Fsp3) is 0.818. The molecule has 0 aromatic heterocycles. The monoisotopic (exact) mass is 196 g/mol. The molecular weight excluding hydrogens is 176 g/mol. The first-order chi connectivity index (χ1) is 5.81. The third kappa shape index (κ3) is 3.17. The van der Waals surface area contributed by atoms with Crippen LogP contribution in [0.3, 0.4) is 0 Å². The third-order valence-electron chi connectivity index (χ3n) is 2.55. The lowest BCUT2D eigenvalue weighted by atomic mass is 9.94. The lowest BCUT2D eigenvalue weighted by molar-refractivity contribution is 0.0422. The van der Waals surface area contributed by atoms with Gasteiger partial charge in [-0.3, -0.25) is 0 Å². The van der Waals surface area contributed by atoms with Crippen LogP contribution in [-0.2, 0) is 0 Å². The van der Waals surface area contributed by atoms with Gasteiger partial charge in [0, 0.05) is 5.92 Å². The zero-order valence-corrected chi connectivity index (χ0v) is 10.1. The normalized spacial score (nSPS) is 34.1. The fourth-order valence-electron chi connectivity index (χ4n) is 1.68. The van der Waals surface area contributed by atoms with Crippen molar-refractivity contribution < 1.29 is 5.11 Å².